The number of nitrogens with zero attached hydrogens (tertiary/aromatic N) is 3. The highest BCUT2D eigenvalue weighted by atomic mass is 15.3. The van der Waals surface area contributed by atoms with Gasteiger partial charge < -0.3 is 14.7 Å². The molecule has 1 aliphatic carbocycles. The van der Waals surface area contributed by atoms with Gasteiger partial charge in [0.25, 0.3) is 6.71 Å². The predicted octanol–water partition coefficient (Wildman–Crippen LogP) is 19.6. The fourth-order valence-corrected chi connectivity index (χ4v) is 15.3. The Morgan fingerprint density at radius 2 is 0.906 bits per heavy atom. The van der Waals surface area contributed by atoms with Gasteiger partial charge >= 0.3 is 0 Å². The van der Waals surface area contributed by atoms with E-state index >= 15 is 0 Å². The van der Waals surface area contributed by atoms with E-state index in [4.69, 9.17) is 0 Å². The van der Waals surface area contributed by atoms with Crippen LogP contribution in [0.15, 0.2) is 224 Å². The van der Waals surface area contributed by atoms with Crippen LogP contribution < -0.4 is 31.1 Å². The smallest absolute Gasteiger partial charge is 0.252 e. The molecule has 3 nitrogen and oxygen atoms in total. The molecule has 4 heteroatoms. The van der Waals surface area contributed by atoms with Crippen molar-refractivity contribution >= 4 is 68.6 Å². The van der Waals surface area contributed by atoms with E-state index in [1.165, 1.54) is 123 Å². The quantitative estimate of drug-likeness (QED) is 0.154. The maximum Gasteiger partial charge on any atom is 0.252 e. The summed E-state index contributed by atoms with van der Waals surface area (Å²) in [4.78, 5) is 8.08. The summed E-state index contributed by atoms with van der Waals surface area (Å²) in [5.74, 6) is 0. The highest BCUT2D eigenvalue weighted by molar-refractivity contribution is 7.00. The molecule has 3 heterocycles. The first kappa shape index (κ1) is 54.6. The van der Waals surface area contributed by atoms with E-state index in [1.54, 1.807) is 0 Å². The van der Waals surface area contributed by atoms with E-state index in [9.17, 15) is 0 Å². The normalized spacial score (nSPS) is 17.8. The number of benzene rings is 10. The lowest BCUT2D eigenvalue weighted by molar-refractivity contribution is 0.270. The predicted molar refractivity (Wildman–Crippen MR) is 364 cm³/mol. The summed E-state index contributed by atoms with van der Waals surface area (Å²) in [6.45, 7) is 30.7. The SMILES string of the molecule is CC(C)(C)c1ccc(N2c3cc(N4c5ccc(C(C)(C)C)cc5C5(c6ccccc6)CCc6ccccc6C45C)ccc3B3c4cc(-c5ccccc5)ccc4N(c4ccc(C(C)(C)C)cc4-c4ccccc4)c4cc(C(C)(C)C)cc2c43)cc1. The fourth-order valence-electron chi connectivity index (χ4n) is 15.3. The number of fused-ring (bicyclic) bond motifs is 9. The third kappa shape index (κ3) is 8.51. The monoisotopic (exact) mass is 1110 g/mol. The molecule has 0 radical (unpaired) electrons. The fraction of sp³-hybridized carbons (Fsp3) is 0.259. The van der Waals surface area contributed by atoms with Crippen LogP contribution in [0.2, 0.25) is 0 Å². The number of hydrogen-bond acceptors (Lipinski definition) is 3. The summed E-state index contributed by atoms with van der Waals surface area (Å²) >= 11 is 0. The molecule has 0 N–H and O–H groups in total. The second kappa shape index (κ2) is 19.3. The zero-order chi connectivity index (χ0) is 59.2. The lowest BCUT2D eigenvalue weighted by Gasteiger charge is -2.53. The van der Waals surface area contributed by atoms with Crippen LogP contribution in [-0.2, 0) is 39.0 Å². The molecule has 2 unspecified atom stereocenters. The van der Waals surface area contributed by atoms with Crippen molar-refractivity contribution in [1.29, 1.82) is 0 Å². The molecule has 10 aromatic rings. The largest absolute Gasteiger partial charge is 0.330 e. The molecule has 3 aliphatic heterocycles. The zero-order valence-corrected chi connectivity index (χ0v) is 52.2. The van der Waals surface area contributed by atoms with Crippen LogP contribution in [0.25, 0.3) is 22.3 Å². The first-order chi connectivity index (χ1) is 40.6. The van der Waals surface area contributed by atoms with E-state index in [2.05, 4.69) is 329 Å². The van der Waals surface area contributed by atoms with Gasteiger partial charge in [-0.05, 0) is 180 Å². The molecule has 422 valence electrons. The van der Waals surface area contributed by atoms with Gasteiger partial charge in [-0.2, -0.15) is 0 Å². The average molecular weight is 1110 g/mol. The van der Waals surface area contributed by atoms with Crippen LogP contribution in [0.5, 0.6) is 0 Å². The molecule has 0 saturated carbocycles. The second-order valence-electron chi connectivity index (χ2n) is 29.1. The summed E-state index contributed by atoms with van der Waals surface area (Å²) < 4.78 is 0. The number of hydrogen-bond donors (Lipinski definition) is 0. The molecular formula is C81H80BN3. The van der Waals surface area contributed by atoms with Crippen molar-refractivity contribution in [3.05, 3.63) is 269 Å². The Balaban J connectivity index is 1.09. The molecule has 10 aromatic carbocycles. The van der Waals surface area contributed by atoms with Gasteiger partial charge in [0.15, 0.2) is 0 Å². The van der Waals surface area contributed by atoms with E-state index < -0.39 is 5.54 Å². The lowest BCUT2D eigenvalue weighted by Crippen LogP contribution is -2.61. The summed E-state index contributed by atoms with van der Waals surface area (Å²) in [5, 5.41) is 0. The summed E-state index contributed by atoms with van der Waals surface area (Å²) in [5.41, 5.74) is 28.1. The van der Waals surface area contributed by atoms with Crippen molar-refractivity contribution < 1.29 is 0 Å². The van der Waals surface area contributed by atoms with Gasteiger partial charge in [0.2, 0.25) is 0 Å². The third-order valence-corrected chi connectivity index (χ3v) is 19.9. The average Bonchev–Trinajstić information content (AvgIpc) is 1.69. The molecule has 0 aromatic heterocycles. The zero-order valence-electron chi connectivity index (χ0n) is 52.2. The summed E-state index contributed by atoms with van der Waals surface area (Å²) in [6, 6.07) is 87.3. The van der Waals surface area contributed by atoms with Gasteiger partial charge in [0.1, 0.15) is 0 Å². The molecule has 14 rings (SSSR count). The Hall–Kier alpha value is -8.34. The molecule has 0 amide bonds. The highest BCUT2D eigenvalue weighted by Crippen LogP contribution is 2.67. The van der Waals surface area contributed by atoms with Gasteiger partial charge in [0.05, 0.1) is 16.6 Å². The van der Waals surface area contributed by atoms with Crippen LogP contribution in [-0.4, -0.2) is 6.71 Å². The van der Waals surface area contributed by atoms with Gasteiger partial charge in [-0.3, -0.25) is 0 Å². The molecule has 2 atom stereocenters. The highest BCUT2D eigenvalue weighted by Gasteiger charge is 2.63. The minimum atomic E-state index is -0.504. The standard InChI is InChI=1S/C81H80BN3/c1-76(2,3)57-34-38-62(39-35-57)83-72-52-63(85-70-44-37-60(78(7,8)9)49-66(70)81(58-30-21-16-22-31-58)46-45-55-29-23-24-32-65(55)80(81,85)13)40-41-67(72)82-68-47-56(53-25-17-14-18-26-53)33-42-71(68)84(74-51-61(79(10,11)12)50-73(83)75(74)82)69-43-36-59(77(4,5)6)48-64(69)54-27-19-15-20-28-54/h14-44,47-52H,45-46H2,1-13H3. The molecular weight excluding hydrogens is 1030 g/mol. The van der Waals surface area contributed by atoms with Crippen molar-refractivity contribution in [1.82, 2.24) is 0 Å². The minimum absolute atomic E-state index is 0.0193. The van der Waals surface area contributed by atoms with Crippen molar-refractivity contribution in [2.75, 3.05) is 14.7 Å². The third-order valence-electron chi connectivity index (χ3n) is 19.9. The minimum Gasteiger partial charge on any atom is -0.330 e. The first-order valence-electron chi connectivity index (χ1n) is 31.1. The van der Waals surface area contributed by atoms with Crippen molar-refractivity contribution in [3.8, 4) is 22.3 Å². The van der Waals surface area contributed by atoms with E-state index in [0.717, 1.165) is 18.5 Å². The van der Waals surface area contributed by atoms with Crippen LogP contribution in [0.4, 0.5) is 45.5 Å². The summed E-state index contributed by atoms with van der Waals surface area (Å²) in [6.07, 6.45) is 2.00. The molecule has 0 saturated heterocycles. The lowest BCUT2D eigenvalue weighted by atomic mass is 9.33. The molecule has 85 heavy (non-hydrogen) atoms. The van der Waals surface area contributed by atoms with E-state index in [1.807, 2.05) is 0 Å². The molecule has 0 fully saturated rings. The van der Waals surface area contributed by atoms with Crippen LogP contribution in [0.1, 0.15) is 141 Å². The Bertz CT molecular complexity index is 4250. The Morgan fingerprint density at radius 1 is 0.365 bits per heavy atom. The first-order valence-corrected chi connectivity index (χ1v) is 31.1. The summed E-state index contributed by atoms with van der Waals surface area (Å²) in [7, 11) is 0. The van der Waals surface area contributed by atoms with Crippen molar-refractivity contribution in [3.63, 3.8) is 0 Å². The Labute approximate surface area is 507 Å². The molecule has 4 aliphatic rings. The van der Waals surface area contributed by atoms with Gasteiger partial charge in [-0.25, -0.2) is 0 Å². The Morgan fingerprint density at radius 3 is 1.55 bits per heavy atom. The van der Waals surface area contributed by atoms with Crippen LogP contribution >= 0.6 is 0 Å². The van der Waals surface area contributed by atoms with Crippen LogP contribution in [0, 0.1) is 0 Å². The van der Waals surface area contributed by atoms with Crippen molar-refractivity contribution in [2.24, 2.45) is 0 Å². The number of aryl methyl sites for hydroxylation is 1. The number of rotatable bonds is 6. The maximum atomic E-state index is 2.78. The molecule has 0 bridgehead atoms. The van der Waals surface area contributed by atoms with E-state index in [0.29, 0.717) is 0 Å². The molecule has 0 spiro atoms. The maximum absolute atomic E-state index is 2.78. The topological polar surface area (TPSA) is 9.72 Å². The number of anilines is 8. The van der Waals surface area contributed by atoms with E-state index in [-0.39, 0.29) is 33.8 Å². The Kier molecular flexibility index (Phi) is 12.4. The van der Waals surface area contributed by atoms with Gasteiger partial charge in [-0.1, -0.05) is 247 Å². The van der Waals surface area contributed by atoms with Crippen LogP contribution in [0.3, 0.4) is 0 Å². The second-order valence-corrected chi connectivity index (χ2v) is 29.1. The van der Waals surface area contributed by atoms with Gasteiger partial charge in [-0.15, -0.1) is 0 Å². The van der Waals surface area contributed by atoms with Gasteiger partial charge in [0, 0.05) is 45.4 Å². The van der Waals surface area contributed by atoms with Crippen molar-refractivity contribution in [2.45, 2.75) is 135 Å².